The van der Waals surface area contributed by atoms with E-state index in [4.69, 9.17) is 5.73 Å². The molecule has 7 heteroatoms. The summed E-state index contributed by atoms with van der Waals surface area (Å²) in [5, 5.41) is 21.1. The number of halogens is 3. The van der Waals surface area contributed by atoms with E-state index in [1.807, 2.05) is 0 Å². The lowest BCUT2D eigenvalue weighted by molar-refractivity contribution is -0.137. The van der Waals surface area contributed by atoms with Gasteiger partial charge in [-0.25, -0.2) is 0 Å². The van der Waals surface area contributed by atoms with Crippen molar-refractivity contribution >= 4 is 11.4 Å². The van der Waals surface area contributed by atoms with Gasteiger partial charge in [-0.1, -0.05) is 6.92 Å². The number of aliphatic hydroxyl groups is 2. The van der Waals surface area contributed by atoms with Crippen LogP contribution >= 0.6 is 0 Å². The minimum absolute atomic E-state index is 0.00651. The highest BCUT2D eigenvalue weighted by atomic mass is 19.4. The SMILES string of the molecule is CCC(CO)(CO)Nc1ccc(N)cc1C(F)(F)F. The summed E-state index contributed by atoms with van der Waals surface area (Å²) in [6.07, 6.45) is -4.30. The van der Waals surface area contributed by atoms with E-state index >= 15 is 0 Å². The summed E-state index contributed by atoms with van der Waals surface area (Å²) in [7, 11) is 0. The maximum Gasteiger partial charge on any atom is 0.418 e. The molecule has 0 radical (unpaired) electrons. The van der Waals surface area contributed by atoms with E-state index in [9.17, 15) is 23.4 Å². The van der Waals surface area contributed by atoms with Crippen LogP contribution in [0.2, 0.25) is 0 Å². The average Bonchev–Trinajstić information content (AvgIpc) is 2.37. The molecule has 0 saturated carbocycles. The van der Waals surface area contributed by atoms with Crippen LogP contribution in [0.1, 0.15) is 18.9 Å². The van der Waals surface area contributed by atoms with Gasteiger partial charge in [0.15, 0.2) is 0 Å². The second-order valence-electron chi connectivity index (χ2n) is 4.38. The Morgan fingerprint density at radius 1 is 1.21 bits per heavy atom. The Morgan fingerprint density at radius 2 is 1.79 bits per heavy atom. The van der Waals surface area contributed by atoms with Crippen molar-refractivity contribution in [1.29, 1.82) is 0 Å². The molecule has 0 saturated heterocycles. The Morgan fingerprint density at radius 3 is 2.21 bits per heavy atom. The number of nitrogens with one attached hydrogen (secondary N) is 1. The Bertz CT molecular complexity index is 423. The second-order valence-corrected chi connectivity index (χ2v) is 4.38. The molecule has 4 nitrogen and oxygen atoms in total. The summed E-state index contributed by atoms with van der Waals surface area (Å²) in [5.41, 5.74) is 3.01. The van der Waals surface area contributed by atoms with Crippen LogP contribution in [-0.4, -0.2) is 29.0 Å². The molecule has 1 aromatic rings. The number of alkyl halides is 3. The summed E-state index contributed by atoms with van der Waals surface area (Å²) in [6, 6.07) is 3.33. The molecular formula is C12H17F3N2O2. The summed E-state index contributed by atoms with van der Waals surface area (Å²) < 4.78 is 38.7. The molecule has 5 N–H and O–H groups in total. The van der Waals surface area contributed by atoms with Gasteiger partial charge in [0, 0.05) is 11.4 Å². The fourth-order valence-electron chi connectivity index (χ4n) is 1.63. The summed E-state index contributed by atoms with van der Waals surface area (Å²) in [6.45, 7) is 0.688. The molecule has 0 heterocycles. The lowest BCUT2D eigenvalue weighted by atomic mass is 9.97. The lowest BCUT2D eigenvalue weighted by Crippen LogP contribution is -2.45. The van der Waals surface area contributed by atoms with Gasteiger partial charge in [0.2, 0.25) is 0 Å². The molecule has 1 aromatic carbocycles. The van der Waals surface area contributed by atoms with Crippen molar-refractivity contribution in [3.63, 3.8) is 0 Å². The number of anilines is 2. The van der Waals surface area contributed by atoms with Gasteiger partial charge in [-0.15, -0.1) is 0 Å². The van der Waals surface area contributed by atoms with Crippen molar-refractivity contribution in [3.8, 4) is 0 Å². The van der Waals surface area contributed by atoms with E-state index in [2.05, 4.69) is 5.32 Å². The van der Waals surface area contributed by atoms with Crippen molar-refractivity contribution < 1.29 is 23.4 Å². The maximum atomic E-state index is 12.9. The largest absolute Gasteiger partial charge is 0.418 e. The normalized spacial score (nSPS) is 12.5. The van der Waals surface area contributed by atoms with Crippen LogP contribution in [0.4, 0.5) is 24.5 Å². The van der Waals surface area contributed by atoms with Crippen LogP contribution < -0.4 is 11.1 Å². The van der Waals surface area contributed by atoms with Crippen molar-refractivity contribution in [1.82, 2.24) is 0 Å². The van der Waals surface area contributed by atoms with Crippen molar-refractivity contribution in [3.05, 3.63) is 23.8 Å². The molecule has 108 valence electrons. The zero-order chi connectivity index (χ0) is 14.7. The van der Waals surface area contributed by atoms with Crippen molar-refractivity contribution in [2.45, 2.75) is 25.1 Å². The van der Waals surface area contributed by atoms with Crippen LogP contribution in [0.5, 0.6) is 0 Å². The van der Waals surface area contributed by atoms with Gasteiger partial charge in [-0.05, 0) is 24.6 Å². The van der Waals surface area contributed by atoms with Gasteiger partial charge >= 0.3 is 6.18 Å². The second kappa shape index (κ2) is 5.66. The Labute approximate surface area is 109 Å². The van der Waals surface area contributed by atoms with Crippen LogP contribution in [0, 0.1) is 0 Å². The van der Waals surface area contributed by atoms with E-state index in [1.165, 1.54) is 12.1 Å². The number of aliphatic hydroxyl groups excluding tert-OH is 2. The van der Waals surface area contributed by atoms with Crippen LogP contribution in [0.25, 0.3) is 0 Å². The first-order valence-corrected chi connectivity index (χ1v) is 5.74. The first-order valence-electron chi connectivity index (χ1n) is 5.74. The van der Waals surface area contributed by atoms with E-state index in [0.29, 0.717) is 0 Å². The maximum absolute atomic E-state index is 12.9. The van der Waals surface area contributed by atoms with E-state index in [0.717, 1.165) is 6.07 Å². The highest BCUT2D eigenvalue weighted by molar-refractivity contribution is 5.60. The van der Waals surface area contributed by atoms with Gasteiger partial charge in [-0.2, -0.15) is 13.2 Å². The summed E-state index contributed by atoms with van der Waals surface area (Å²) >= 11 is 0. The third-order valence-electron chi connectivity index (χ3n) is 3.03. The quantitative estimate of drug-likeness (QED) is 0.620. The van der Waals surface area contributed by atoms with Gasteiger partial charge in [0.05, 0.1) is 24.3 Å². The van der Waals surface area contributed by atoms with Gasteiger partial charge in [0.25, 0.3) is 0 Å². The summed E-state index contributed by atoms with van der Waals surface area (Å²) in [5.74, 6) is 0. The number of nitrogen functional groups attached to an aromatic ring is 1. The van der Waals surface area contributed by atoms with Crippen molar-refractivity contribution in [2.75, 3.05) is 24.3 Å². The van der Waals surface area contributed by atoms with E-state index in [-0.39, 0.29) is 17.8 Å². The Kier molecular flexibility index (Phi) is 4.65. The van der Waals surface area contributed by atoms with Gasteiger partial charge < -0.3 is 21.3 Å². The van der Waals surface area contributed by atoms with Gasteiger partial charge in [0.1, 0.15) is 0 Å². The highest BCUT2D eigenvalue weighted by Gasteiger charge is 2.36. The number of rotatable bonds is 5. The topological polar surface area (TPSA) is 78.5 Å². The predicted molar refractivity (Wildman–Crippen MR) is 66.7 cm³/mol. The predicted octanol–water partition coefficient (Wildman–Crippen LogP) is 1.83. The fourth-order valence-corrected chi connectivity index (χ4v) is 1.63. The fraction of sp³-hybridized carbons (Fsp3) is 0.500. The molecule has 0 aromatic heterocycles. The molecule has 0 unspecified atom stereocenters. The number of hydrogen-bond donors (Lipinski definition) is 4. The molecule has 0 spiro atoms. The first kappa shape index (κ1) is 15.6. The van der Waals surface area contributed by atoms with Gasteiger partial charge in [-0.3, -0.25) is 0 Å². The lowest BCUT2D eigenvalue weighted by Gasteiger charge is -2.32. The molecule has 0 aliphatic carbocycles. The molecule has 19 heavy (non-hydrogen) atoms. The molecule has 0 aliphatic heterocycles. The average molecular weight is 278 g/mol. The van der Waals surface area contributed by atoms with Crippen LogP contribution in [0.15, 0.2) is 18.2 Å². The highest BCUT2D eigenvalue weighted by Crippen LogP contribution is 2.37. The first-order chi connectivity index (χ1) is 8.78. The number of hydrogen-bond acceptors (Lipinski definition) is 4. The van der Waals surface area contributed by atoms with E-state index in [1.54, 1.807) is 6.92 Å². The summed E-state index contributed by atoms with van der Waals surface area (Å²) in [4.78, 5) is 0. The third-order valence-corrected chi connectivity index (χ3v) is 3.03. The Hall–Kier alpha value is -1.47. The zero-order valence-corrected chi connectivity index (χ0v) is 10.5. The number of benzene rings is 1. The molecule has 0 bridgehead atoms. The standard InChI is InChI=1S/C12H17F3N2O2/c1-2-11(6-18,7-19)17-10-4-3-8(16)5-9(10)12(13,14)15/h3-5,17-19H,2,6-7,16H2,1H3. The van der Waals surface area contributed by atoms with E-state index < -0.39 is 30.5 Å². The third kappa shape index (κ3) is 3.51. The molecule has 0 fully saturated rings. The molecular weight excluding hydrogens is 261 g/mol. The minimum Gasteiger partial charge on any atom is -0.399 e. The molecule has 0 atom stereocenters. The number of nitrogens with two attached hydrogens (primary N) is 1. The smallest absolute Gasteiger partial charge is 0.399 e. The molecule has 0 amide bonds. The Balaban J connectivity index is 3.21. The van der Waals surface area contributed by atoms with Crippen LogP contribution in [-0.2, 0) is 6.18 Å². The minimum atomic E-state index is -4.57. The molecule has 1 rings (SSSR count). The van der Waals surface area contributed by atoms with Crippen LogP contribution in [0.3, 0.4) is 0 Å². The van der Waals surface area contributed by atoms with Crippen molar-refractivity contribution in [2.24, 2.45) is 0 Å². The monoisotopic (exact) mass is 278 g/mol. The zero-order valence-electron chi connectivity index (χ0n) is 10.5. The molecule has 0 aliphatic rings.